The van der Waals surface area contributed by atoms with Crippen molar-refractivity contribution in [1.29, 1.82) is 0 Å². The number of aromatic nitrogens is 1. The summed E-state index contributed by atoms with van der Waals surface area (Å²) in [5.74, 6) is 0.0850. The Hall–Kier alpha value is -2.08. The number of nitrogens with zero attached hydrogens (tertiary/aromatic N) is 1. The average molecular weight is 323 g/mol. The van der Waals surface area contributed by atoms with Crippen molar-refractivity contribution in [1.82, 2.24) is 4.98 Å². The molecular formula is C13H11BrN2O3. The van der Waals surface area contributed by atoms with Crippen LogP contribution >= 0.6 is 15.9 Å². The maximum absolute atomic E-state index is 10.8. The van der Waals surface area contributed by atoms with Crippen LogP contribution < -0.4 is 10.1 Å². The highest BCUT2D eigenvalue weighted by molar-refractivity contribution is 9.10. The van der Waals surface area contributed by atoms with E-state index in [0.29, 0.717) is 11.6 Å². The highest BCUT2D eigenvalue weighted by atomic mass is 79.9. The number of carboxylic acid groups (broad SMARTS) is 1. The first-order chi connectivity index (χ1) is 9.08. The number of halogens is 1. The predicted molar refractivity (Wildman–Crippen MR) is 75.2 cm³/mol. The van der Waals surface area contributed by atoms with Crippen LogP contribution in [-0.4, -0.2) is 23.2 Å². The number of anilines is 2. The van der Waals surface area contributed by atoms with E-state index >= 15 is 0 Å². The van der Waals surface area contributed by atoms with Crippen LogP contribution in [0.15, 0.2) is 40.9 Å². The molecule has 2 aromatic rings. The lowest BCUT2D eigenvalue weighted by Crippen LogP contribution is -2.02. The molecule has 0 aliphatic rings. The predicted octanol–water partition coefficient (Wildman–Crippen LogP) is 3.29. The molecule has 0 fully saturated rings. The smallest absolute Gasteiger partial charge is 0.354 e. The maximum Gasteiger partial charge on any atom is 0.354 e. The molecule has 0 amide bonds. The maximum atomic E-state index is 10.8. The van der Waals surface area contributed by atoms with Gasteiger partial charge in [-0.3, -0.25) is 0 Å². The van der Waals surface area contributed by atoms with Crippen molar-refractivity contribution in [3.63, 3.8) is 0 Å². The summed E-state index contributed by atoms with van der Waals surface area (Å²) in [7, 11) is 1.58. The van der Waals surface area contributed by atoms with E-state index in [4.69, 9.17) is 9.84 Å². The lowest BCUT2D eigenvalue weighted by Gasteiger charge is -2.08. The zero-order valence-corrected chi connectivity index (χ0v) is 11.6. The second-order valence-corrected chi connectivity index (χ2v) is 4.63. The molecule has 0 bridgehead atoms. The van der Waals surface area contributed by atoms with Crippen LogP contribution in [0.5, 0.6) is 5.75 Å². The van der Waals surface area contributed by atoms with Gasteiger partial charge in [-0.2, -0.15) is 0 Å². The first-order valence-electron chi connectivity index (χ1n) is 5.40. The SMILES string of the molecule is COc1cc(Br)cc(Nc2cccc(C(=O)O)n2)c1. The first kappa shape index (κ1) is 13.4. The fourth-order valence-corrected chi connectivity index (χ4v) is 2.00. The molecule has 1 aromatic heterocycles. The molecule has 2 rings (SSSR count). The molecular weight excluding hydrogens is 312 g/mol. The molecule has 19 heavy (non-hydrogen) atoms. The Morgan fingerprint density at radius 3 is 2.84 bits per heavy atom. The Labute approximate surface area is 118 Å². The molecule has 2 N–H and O–H groups in total. The molecule has 0 atom stereocenters. The van der Waals surface area contributed by atoms with Crippen LogP contribution in [0.3, 0.4) is 0 Å². The summed E-state index contributed by atoms with van der Waals surface area (Å²) in [6.07, 6.45) is 0. The Balaban J connectivity index is 2.28. The van der Waals surface area contributed by atoms with Gasteiger partial charge in [0.05, 0.1) is 7.11 Å². The van der Waals surface area contributed by atoms with Crippen molar-refractivity contribution in [2.75, 3.05) is 12.4 Å². The van der Waals surface area contributed by atoms with Gasteiger partial charge >= 0.3 is 5.97 Å². The Morgan fingerprint density at radius 2 is 2.16 bits per heavy atom. The number of nitrogens with one attached hydrogen (secondary N) is 1. The number of pyridine rings is 1. The second-order valence-electron chi connectivity index (χ2n) is 3.72. The van der Waals surface area contributed by atoms with Crippen molar-refractivity contribution in [2.24, 2.45) is 0 Å². The van der Waals surface area contributed by atoms with Crippen LogP contribution in [0.4, 0.5) is 11.5 Å². The van der Waals surface area contributed by atoms with Crippen LogP contribution in [0.1, 0.15) is 10.5 Å². The minimum absolute atomic E-state index is 0.00744. The molecule has 5 nitrogen and oxygen atoms in total. The summed E-state index contributed by atoms with van der Waals surface area (Å²) in [4.78, 5) is 14.8. The van der Waals surface area contributed by atoms with Crippen LogP contribution in [0, 0.1) is 0 Å². The van der Waals surface area contributed by atoms with E-state index < -0.39 is 5.97 Å². The number of benzene rings is 1. The Morgan fingerprint density at radius 1 is 1.37 bits per heavy atom. The molecule has 0 aliphatic carbocycles. The Bertz CT molecular complexity index is 617. The minimum Gasteiger partial charge on any atom is -0.497 e. The fraction of sp³-hybridized carbons (Fsp3) is 0.0769. The number of rotatable bonds is 4. The number of hydrogen-bond acceptors (Lipinski definition) is 4. The normalized spacial score (nSPS) is 10.0. The topological polar surface area (TPSA) is 71.5 Å². The van der Waals surface area contributed by atoms with Crippen LogP contribution in [0.2, 0.25) is 0 Å². The van der Waals surface area contributed by atoms with E-state index in [-0.39, 0.29) is 5.69 Å². The quantitative estimate of drug-likeness (QED) is 0.903. The van der Waals surface area contributed by atoms with Gasteiger partial charge in [0.25, 0.3) is 0 Å². The summed E-state index contributed by atoms with van der Waals surface area (Å²) < 4.78 is 6.00. The number of hydrogen-bond donors (Lipinski definition) is 2. The zero-order chi connectivity index (χ0) is 13.8. The van der Waals surface area contributed by atoms with Gasteiger partial charge in [-0.1, -0.05) is 22.0 Å². The van der Waals surface area contributed by atoms with E-state index in [2.05, 4.69) is 26.2 Å². The van der Waals surface area contributed by atoms with Crippen LogP contribution in [-0.2, 0) is 0 Å². The largest absolute Gasteiger partial charge is 0.497 e. The zero-order valence-electron chi connectivity index (χ0n) is 10.1. The van der Waals surface area contributed by atoms with Crippen molar-refractivity contribution in [2.45, 2.75) is 0 Å². The molecule has 0 saturated heterocycles. The van der Waals surface area contributed by atoms with E-state index in [9.17, 15) is 4.79 Å². The van der Waals surface area contributed by atoms with E-state index in [1.165, 1.54) is 6.07 Å². The third-order valence-electron chi connectivity index (χ3n) is 2.35. The highest BCUT2D eigenvalue weighted by Crippen LogP contribution is 2.26. The summed E-state index contributed by atoms with van der Waals surface area (Å²) in [6, 6.07) is 10.2. The molecule has 0 saturated carbocycles. The van der Waals surface area contributed by atoms with Crippen molar-refractivity contribution < 1.29 is 14.6 Å². The fourth-order valence-electron chi connectivity index (χ4n) is 1.52. The average Bonchev–Trinajstić information content (AvgIpc) is 2.38. The second kappa shape index (κ2) is 5.71. The number of aromatic carboxylic acids is 1. The van der Waals surface area contributed by atoms with Gasteiger partial charge in [-0.05, 0) is 24.3 Å². The molecule has 1 heterocycles. The summed E-state index contributed by atoms with van der Waals surface area (Å²) >= 11 is 3.37. The van der Waals surface area contributed by atoms with Gasteiger partial charge in [0.1, 0.15) is 11.6 Å². The highest BCUT2D eigenvalue weighted by Gasteiger charge is 2.06. The van der Waals surface area contributed by atoms with Gasteiger partial charge in [-0.15, -0.1) is 0 Å². The monoisotopic (exact) mass is 322 g/mol. The first-order valence-corrected chi connectivity index (χ1v) is 6.20. The van der Waals surface area contributed by atoms with E-state index in [1.807, 2.05) is 12.1 Å². The summed E-state index contributed by atoms with van der Waals surface area (Å²) in [5.41, 5.74) is 0.744. The van der Waals surface area contributed by atoms with Crippen molar-refractivity contribution in [3.8, 4) is 5.75 Å². The third kappa shape index (κ3) is 3.45. The van der Waals surface area contributed by atoms with Gasteiger partial charge in [0.2, 0.25) is 0 Å². The molecule has 98 valence electrons. The van der Waals surface area contributed by atoms with Crippen molar-refractivity contribution in [3.05, 3.63) is 46.6 Å². The number of ether oxygens (including phenoxy) is 1. The number of methoxy groups -OCH3 is 1. The minimum atomic E-state index is -1.06. The van der Waals surface area contributed by atoms with Crippen molar-refractivity contribution >= 4 is 33.4 Å². The van der Waals surface area contributed by atoms with Gasteiger partial charge < -0.3 is 15.2 Å². The van der Waals surface area contributed by atoms with Gasteiger partial charge in [0, 0.05) is 16.2 Å². The third-order valence-corrected chi connectivity index (χ3v) is 2.81. The Kier molecular flexibility index (Phi) is 4.01. The van der Waals surface area contributed by atoms with Gasteiger partial charge in [-0.25, -0.2) is 9.78 Å². The van der Waals surface area contributed by atoms with E-state index in [1.54, 1.807) is 25.3 Å². The molecule has 0 radical (unpaired) electrons. The number of carboxylic acids is 1. The van der Waals surface area contributed by atoms with E-state index in [0.717, 1.165) is 10.2 Å². The van der Waals surface area contributed by atoms with Crippen LogP contribution in [0.25, 0.3) is 0 Å². The molecule has 6 heteroatoms. The molecule has 0 aliphatic heterocycles. The molecule has 0 unspecified atom stereocenters. The lowest BCUT2D eigenvalue weighted by molar-refractivity contribution is 0.0690. The van der Waals surface area contributed by atoms with Gasteiger partial charge in [0.15, 0.2) is 5.69 Å². The summed E-state index contributed by atoms with van der Waals surface area (Å²) in [6.45, 7) is 0. The molecule has 0 spiro atoms. The number of carbonyl (C=O) groups is 1. The summed E-state index contributed by atoms with van der Waals surface area (Å²) in [5, 5.41) is 11.9. The molecule has 1 aromatic carbocycles. The lowest BCUT2D eigenvalue weighted by atomic mass is 10.3. The standard InChI is InChI=1S/C13H11BrN2O3/c1-19-10-6-8(14)5-9(7-10)15-12-4-2-3-11(16-12)13(17)18/h2-7H,1H3,(H,15,16)(H,17,18).